The molecule has 0 aromatic carbocycles. The van der Waals surface area contributed by atoms with E-state index in [1.807, 2.05) is 17.0 Å². The summed E-state index contributed by atoms with van der Waals surface area (Å²) in [4.78, 5) is 32.2. The molecule has 1 N–H and O–H groups in total. The van der Waals surface area contributed by atoms with Crippen molar-refractivity contribution in [3.05, 3.63) is 64.3 Å². The van der Waals surface area contributed by atoms with E-state index >= 15 is 0 Å². The SMILES string of the molecule is O=C(c1cccc(=O)[nH]1)N(Cc1ccncc1)C1CC1. The summed E-state index contributed by atoms with van der Waals surface area (Å²) in [6.07, 6.45) is 5.48. The van der Waals surface area contributed by atoms with Gasteiger partial charge < -0.3 is 9.88 Å². The number of rotatable bonds is 4. The molecule has 1 amide bonds. The highest BCUT2D eigenvalue weighted by Gasteiger charge is 2.33. The van der Waals surface area contributed by atoms with Crippen molar-refractivity contribution in [3.8, 4) is 0 Å². The first-order valence-electron chi connectivity index (χ1n) is 6.63. The maximum absolute atomic E-state index is 12.5. The second-order valence-electron chi connectivity index (χ2n) is 4.95. The Morgan fingerprint density at radius 1 is 1.25 bits per heavy atom. The zero-order chi connectivity index (χ0) is 13.9. The predicted octanol–water partition coefficient (Wildman–Crippen LogP) is 1.57. The van der Waals surface area contributed by atoms with Gasteiger partial charge in [-0.25, -0.2) is 0 Å². The molecule has 5 nitrogen and oxygen atoms in total. The summed E-state index contributed by atoms with van der Waals surface area (Å²) in [7, 11) is 0. The summed E-state index contributed by atoms with van der Waals surface area (Å²) < 4.78 is 0. The smallest absolute Gasteiger partial charge is 0.270 e. The molecule has 0 spiro atoms. The third-order valence-electron chi connectivity index (χ3n) is 3.35. The molecular weight excluding hydrogens is 254 g/mol. The Morgan fingerprint density at radius 3 is 2.65 bits per heavy atom. The van der Waals surface area contributed by atoms with Crippen LogP contribution in [0.3, 0.4) is 0 Å². The standard InChI is InChI=1S/C15H15N3O2/c19-14-3-1-2-13(17-14)15(20)18(12-4-5-12)10-11-6-8-16-9-7-11/h1-3,6-9,12H,4-5,10H2,(H,17,19). The molecule has 2 aromatic heterocycles. The minimum Gasteiger partial charge on any atom is -0.330 e. The highest BCUT2D eigenvalue weighted by atomic mass is 16.2. The highest BCUT2D eigenvalue weighted by Crippen LogP contribution is 2.29. The third-order valence-corrected chi connectivity index (χ3v) is 3.35. The average molecular weight is 269 g/mol. The van der Waals surface area contributed by atoms with Gasteiger partial charge in [-0.15, -0.1) is 0 Å². The lowest BCUT2D eigenvalue weighted by molar-refractivity contribution is 0.0723. The largest absolute Gasteiger partial charge is 0.330 e. The molecule has 1 aliphatic carbocycles. The van der Waals surface area contributed by atoms with Crippen LogP contribution in [0.4, 0.5) is 0 Å². The average Bonchev–Trinajstić information content (AvgIpc) is 3.30. The number of H-pyrrole nitrogens is 1. The van der Waals surface area contributed by atoms with Gasteiger partial charge in [-0.3, -0.25) is 14.6 Å². The number of aromatic amines is 1. The normalized spacial score (nSPS) is 14.0. The number of nitrogens with zero attached hydrogens (tertiary/aromatic N) is 2. The molecule has 1 fully saturated rings. The third kappa shape index (κ3) is 2.77. The topological polar surface area (TPSA) is 66.1 Å². The van der Waals surface area contributed by atoms with Crippen molar-refractivity contribution in [1.82, 2.24) is 14.9 Å². The van der Waals surface area contributed by atoms with Crippen LogP contribution in [0.5, 0.6) is 0 Å². The van der Waals surface area contributed by atoms with E-state index in [9.17, 15) is 9.59 Å². The van der Waals surface area contributed by atoms with Crippen molar-refractivity contribution in [3.63, 3.8) is 0 Å². The fraction of sp³-hybridized carbons (Fsp3) is 0.267. The first kappa shape index (κ1) is 12.6. The number of nitrogens with one attached hydrogen (secondary N) is 1. The number of amides is 1. The number of carbonyl (C=O) groups excluding carboxylic acids is 1. The van der Waals surface area contributed by atoms with E-state index in [1.54, 1.807) is 24.5 Å². The van der Waals surface area contributed by atoms with Crippen LogP contribution in [0, 0.1) is 0 Å². The van der Waals surface area contributed by atoms with Crippen molar-refractivity contribution in [2.24, 2.45) is 0 Å². The minimum atomic E-state index is -0.254. The fourth-order valence-electron chi connectivity index (χ4n) is 2.17. The van der Waals surface area contributed by atoms with E-state index in [-0.39, 0.29) is 17.5 Å². The van der Waals surface area contributed by atoms with Crippen molar-refractivity contribution >= 4 is 5.91 Å². The molecule has 3 rings (SSSR count). The van der Waals surface area contributed by atoms with Crippen molar-refractivity contribution < 1.29 is 4.79 Å². The van der Waals surface area contributed by atoms with Crippen LogP contribution in [-0.2, 0) is 6.54 Å². The maximum atomic E-state index is 12.5. The number of hydrogen-bond acceptors (Lipinski definition) is 3. The summed E-state index contributed by atoms with van der Waals surface area (Å²) in [6, 6.07) is 8.72. The van der Waals surface area contributed by atoms with Gasteiger partial charge in [0, 0.05) is 31.0 Å². The quantitative estimate of drug-likeness (QED) is 0.916. The van der Waals surface area contributed by atoms with Crippen molar-refractivity contribution in [2.45, 2.75) is 25.4 Å². The van der Waals surface area contributed by atoms with E-state index < -0.39 is 0 Å². The molecule has 0 atom stereocenters. The Hall–Kier alpha value is -2.43. The maximum Gasteiger partial charge on any atom is 0.270 e. The van der Waals surface area contributed by atoms with E-state index in [0.29, 0.717) is 12.2 Å². The molecule has 1 aliphatic rings. The predicted molar refractivity (Wildman–Crippen MR) is 74.2 cm³/mol. The first-order chi connectivity index (χ1) is 9.74. The van der Waals surface area contributed by atoms with Gasteiger partial charge in [-0.1, -0.05) is 6.07 Å². The van der Waals surface area contributed by atoms with Crippen LogP contribution in [0.2, 0.25) is 0 Å². The van der Waals surface area contributed by atoms with Crippen LogP contribution in [0.15, 0.2) is 47.5 Å². The van der Waals surface area contributed by atoms with Crippen molar-refractivity contribution in [1.29, 1.82) is 0 Å². The van der Waals surface area contributed by atoms with Crippen LogP contribution in [-0.4, -0.2) is 26.8 Å². The molecule has 1 saturated carbocycles. The Morgan fingerprint density at radius 2 is 2.00 bits per heavy atom. The number of carbonyl (C=O) groups is 1. The van der Waals surface area contributed by atoms with Gasteiger partial charge in [0.15, 0.2) is 0 Å². The fourth-order valence-corrected chi connectivity index (χ4v) is 2.17. The summed E-state index contributed by atoms with van der Waals surface area (Å²) in [5, 5.41) is 0. The van der Waals surface area contributed by atoms with E-state index in [0.717, 1.165) is 18.4 Å². The van der Waals surface area contributed by atoms with Crippen LogP contribution in [0.1, 0.15) is 28.9 Å². The molecule has 0 unspecified atom stereocenters. The lowest BCUT2D eigenvalue weighted by atomic mass is 10.2. The minimum absolute atomic E-state index is 0.123. The number of pyridine rings is 2. The lowest BCUT2D eigenvalue weighted by Crippen LogP contribution is -2.34. The Labute approximate surface area is 116 Å². The molecule has 0 saturated heterocycles. The second kappa shape index (κ2) is 5.28. The highest BCUT2D eigenvalue weighted by molar-refractivity contribution is 5.92. The molecular formula is C15H15N3O2. The Kier molecular flexibility index (Phi) is 3.33. The monoisotopic (exact) mass is 269 g/mol. The van der Waals surface area contributed by atoms with Crippen LogP contribution < -0.4 is 5.56 Å². The Bertz CT molecular complexity index is 662. The van der Waals surface area contributed by atoms with Gasteiger partial charge in [-0.05, 0) is 36.6 Å². The number of hydrogen-bond donors (Lipinski definition) is 1. The molecule has 20 heavy (non-hydrogen) atoms. The molecule has 102 valence electrons. The van der Waals surface area contributed by atoms with Gasteiger partial charge in [0.05, 0.1) is 0 Å². The molecule has 2 heterocycles. The van der Waals surface area contributed by atoms with Crippen LogP contribution in [0.25, 0.3) is 0 Å². The first-order valence-corrected chi connectivity index (χ1v) is 6.63. The van der Waals surface area contributed by atoms with Gasteiger partial charge in [0.1, 0.15) is 5.69 Å². The van der Waals surface area contributed by atoms with E-state index in [4.69, 9.17) is 0 Å². The second-order valence-corrected chi connectivity index (χ2v) is 4.95. The van der Waals surface area contributed by atoms with Gasteiger partial charge in [0.25, 0.3) is 5.91 Å². The van der Waals surface area contributed by atoms with E-state index in [1.165, 1.54) is 6.07 Å². The zero-order valence-electron chi connectivity index (χ0n) is 11.0. The van der Waals surface area contributed by atoms with Gasteiger partial charge in [-0.2, -0.15) is 0 Å². The van der Waals surface area contributed by atoms with Gasteiger partial charge >= 0.3 is 0 Å². The molecule has 5 heteroatoms. The molecule has 0 bridgehead atoms. The lowest BCUT2D eigenvalue weighted by Gasteiger charge is -2.22. The number of aromatic nitrogens is 2. The Balaban J connectivity index is 1.84. The summed E-state index contributed by atoms with van der Waals surface area (Å²) >= 11 is 0. The molecule has 0 aliphatic heterocycles. The van der Waals surface area contributed by atoms with Gasteiger partial charge in [0.2, 0.25) is 5.56 Å². The van der Waals surface area contributed by atoms with Crippen LogP contribution >= 0.6 is 0 Å². The zero-order valence-corrected chi connectivity index (χ0v) is 11.0. The summed E-state index contributed by atoms with van der Waals surface area (Å²) in [5.74, 6) is -0.123. The summed E-state index contributed by atoms with van der Waals surface area (Å²) in [5.41, 5.74) is 1.13. The molecule has 2 aromatic rings. The van der Waals surface area contributed by atoms with E-state index in [2.05, 4.69) is 9.97 Å². The van der Waals surface area contributed by atoms with Crippen molar-refractivity contribution in [2.75, 3.05) is 0 Å². The summed E-state index contributed by atoms with van der Waals surface area (Å²) in [6.45, 7) is 0.545. The molecule has 0 radical (unpaired) electrons.